The summed E-state index contributed by atoms with van der Waals surface area (Å²) in [5.41, 5.74) is 0. The highest BCUT2D eigenvalue weighted by Crippen LogP contribution is 2.00. The monoisotopic (exact) mass is 172 g/mol. The van der Waals surface area contributed by atoms with Gasteiger partial charge in [0, 0.05) is 6.54 Å². The van der Waals surface area contributed by atoms with Crippen LogP contribution in [0.5, 0.6) is 0 Å². The van der Waals surface area contributed by atoms with E-state index in [0.717, 1.165) is 26.3 Å². The number of rotatable bonds is 4. The maximum atomic E-state index is 5.38. The third-order valence-electron chi connectivity index (χ3n) is 2.30. The van der Waals surface area contributed by atoms with E-state index in [4.69, 9.17) is 4.74 Å². The Balaban J connectivity index is 2.15. The molecule has 0 bridgehead atoms. The summed E-state index contributed by atoms with van der Waals surface area (Å²) in [6, 6.07) is 0. The second-order valence-corrected chi connectivity index (χ2v) is 3.38. The highest BCUT2D eigenvalue weighted by molar-refractivity contribution is 4.69. The summed E-state index contributed by atoms with van der Waals surface area (Å²) in [4.78, 5) is 2.34. The van der Waals surface area contributed by atoms with Crippen LogP contribution >= 0.6 is 0 Å². The van der Waals surface area contributed by atoms with Crippen LogP contribution in [-0.4, -0.2) is 44.4 Å². The van der Waals surface area contributed by atoms with Crippen LogP contribution in [0.1, 0.15) is 19.8 Å². The number of nitrogens with one attached hydrogen (secondary N) is 1. The van der Waals surface area contributed by atoms with Crippen molar-refractivity contribution >= 4 is 0 Å². The predicted octanol–water partition coefficient (Wildman–Crippen LogP) is 0.664. The van der Waals surface area contributed by atoms with E-state index in [2.05, 4.69) is 24.2 Å². The van der Waals surface area contributed by atoms with Gasteiger partial charge in [-0.05, 0) is 20.0 Å². The van der Waals surface area contributed by atoms with Gasteiger partial charge in [-0.1, -0.05) is 13.3 Å². The van der Waals surface area contributed by atoms with Crippen LogP contribution < -0.4 is 5.32 Å². The quantitative estimate of drug-likeness (QED) is 0.674. The van der Waals surface area contributed by atoms with Crippen LogP contribution in [-0.2, 0) is 4.74 Å². The van der Waals surface area contributed by atoms with Gasteiger partial charge < -0.3 is 4.74 Å². The van der Waals surface area contributed by atoms with Crippen molar-refractivity contribution in [3.63, 3.8) is 0 Å². The summed E-state index contributed by atoms with van der Waals surface area (Å²) in [6.45, 7) is 6.07. The van der Waals surface area contributed by atoms with Crippen molar-refractivity contribution in [2.24, 2.45) is 0 Å². The largest absolute Gasteiger partial charge is 0.377 e. The van der Waals surface area contributed by atoms with Crippen molar-refractivity contribution in [1.82, 2.24) is 10.2 Å². The molecule has 1 N–H and O–H groups in total. The number of ether oxygens (including phenoxy) is 1. The highest BCUT2D eigenvalue weighted by atomic mass is 16.5. The van der Waals surface area contributed by atoms with Crippen molar-refractivity contribution in [2.75, 3.05) is 33.4 Å². The van der Waals surface area contributed by atoms with E-state index in [-0.39, 0.29) is 0 Å². The molecule has 1 saturated heterocycles. The normalized spacial score (nSPS) is 24.8. The smallest absolute Gasteiger partial charge is 0.0836 e. The summed E-state index contributed by atoms with van der Waals surface area (Å²) >= 11 is 0. The minimum absolute atomic E-state index is 0.435. The molecule has 0 aromatic heterocycles. The van der Waals surface area contributed by atoms with Crippen molar-refractivity contribution in [3.05, 3.63) is 0 Å². The molecule has 1 rings (SSSR count). The second kappa shape index (κ2) is 5.51. The van der Waals surface area contributed by atoms with Crippen LogP contribution in [0, 0.1) is 0 Å². The van der Waals surface area contributed by atoms with Gasteiger partial charge in [0.15, 0.2) is 0 Å². The SMILES string of the molecule is CCCCN(C)C1COCCN1. The topological polar surface area (TPSA) is 24.5 Å². The first-order valence-electron chi connectivity index (χ1n) is 4.86. The number of morpholine rings is 1. The third kappa shape index (κ3) is 3.09. The molecule has 0 amide bonds. The molecule has 3 heteroatoms. The average molecular weight is 172 g/mol. The van der Waals surface area contributed by atoms with Crippen LogP contribution in [0.4, 0.5) is 0 Å². The minimum Gasteiger partial charge on any atom is -0.377 e. The fourth-order valence-corrected chi connectivity index (χ4v) is 1.40. The molecule has 1 unspecified atom stereocenters. The fraction of sp³-hybridized carbons (Fsp3) is 1.00. The molecular weight excluding hydrogens is 152 g/mol. The van der Waals surface area contributed by atoms with Crippen LogP contribution in [0.25, 0.3) is 0 Å². The molecule has 12 heavy (non-hydrogen) atoms. The summed E-state index contributed by atoms with van der Waals surface area (Å²) in [5.74, 6) is 0. The fourth-order valence-electron chi connectivity index (χ4n) is 1.40. The van der Waals surface area contributed by atoms with Crippen molar-refractivity contribution in [1.29, 1.82) is 0 Å². The van der Waals surface area contributed by atoms with E-state index in [0.29, 0.717) is 6.17 Å². The van der Waals surface area contributed by atoms with E-state index < -0.39 is 0 Å². The molecule has 0 aromatic carbocycles. The first-order valence-corrected chi connectivity index (χ1v) is 4.86. The van der Waals surface area contributed by atoms with Crippen molar-refractivity contribution in [2.45, 2.75) is 25.9 Å². The lowest BCUT2D eigenvalue weighted by Crippen LogP contribution is -2.51. The van der Waals surface area contributed by atoms with Crippen LogP contribution in [0.3, 0.4) is 0 Å². The van der Waals surface area contributed by atoms with E-state index in [9.17, 15) is 0 Å². The lowest BCUT2D eigenvalue weighted by atomic mass is 10.3. The Hall–Kier alpha value is -0.120. The maximum absolute atomic E-state index is 5.38. The molecule has 0 spiro atoms. The van der Waals surface area contributed by atoms with Gasteiger partial charge in [0.25, 0.3) is 0 Å². The van der Waals surface area contributed by atoms with Crippen molar-refractivity contribution < 1.29 is 4.74 Å². The van der Waals surface area contributed by atoms with Gasteiger partial charge in [-0.25, -0.2) is 0 Å². The van der Waals surface area contributed by atoms with Crippen LogP contribution in [0.15, 0.2) is 0 Å². The second-order valence-electron chi connectivity index (χ2n) is 3.38. The Morgan fingerprint density at radius 3 is 3.00 bits per heavy atom. The Morgan fingerprint density at radius 2 is 2.42 bits per heavy atom. The third-order valence-corrected chi connectivity index (χ3v) is 2.30. The molecule has 72 valence electrons. The van der Waals surface area contributed by atoms with Gasteiger partial charge in [0.05, 0.1) is 19.4 Å². The number of nitrogens with zero attached hydrogens (tertiary/aromatic N) is 1. The number of hydrogen-bond acceptors (Lipinski definition) is 3. The summed E-state index contributed by atoms with van der Waals surface area (Å²) < 4.78 is 5.38. The van der Waals surface area contributed by atoms with E-state index in [1.165, 1.54) is 12.8 Å². The molecule has 1 atom stereocenters. The van der Waals surface area contributed by atoms with Gasteiger partial charge in [0.1, 0.15) is 0 Å². The van der Waals surface area contributed by atoms with Gasteiger partial charge in [-0.2, -0.15) is 0 Å². The molecule has 0 aromatic rings. The van der Waals surface area contributed by atoms with Crippen LogP contribution in [0.2, 0.25) is 0 Å². The van der Waals surface area contributed by atoms with Gasteiger partial charge in [-0.15, -0.1) is 0 Å². The Bertz CT molecular complexity index is 113. The number of hydrogen-bond donors (Lipinski definition) is 1. The van der Waals surface area contributed by atoms with Gasteiger partial charge in [-0.3, -0.25) is 10.2 Å². The Morgan fingerprint density at radius 1 is 1.58 bits per heavy atom. The molecule has 3 nitrogen and oxygen atoms in total. The van der Waals surface area contributed by atoms with Gasteiger partial charge >= 0.3 is 0 Å². The zero-order valence-corrected chi connectivity index (χ0v) is 8.18. The standard InChI is InChI=1S/C9H20N2O/c1-3-4-6-11(2)9-8-12-7-5-10-9/h9-10H,3-8H2,1-2H3. The molecule has 1 heterocycles. The molecule has 1 aliphatic heterocycles. The Kier molecular flexibility index (Phi) is 4.58. The highest BCUT2D eigenvalue weighted by Gasteiger charge is 2.16. The van der Waals surface area contributed by atoms with Crippen molar-refractivity contribution in [3.8, 4) is 0 Å². The molecule has 1 aliphatic rings. The van der Waals surface area contributed by atoms with Gasteiger partial charge in [0.2, 0.25) is 0 Å². The summed E-state index contributed by atoms with van der Waals surface area (Å²) in [5, 5.41) is 3.43. The zero-order chi connectivity index (χ0) is 8.81. The molecule has 1 fully saturated rings. The predicted molar refractivity (Wildman–Crippen MR) is 50.1 cm³/mol. The minimum atomic E-state index is 0.435. The lowest BCUT2D eigenvalue weighted by Gasteiger charge is -2.31. The summed E-state index contributed by atoms with van der Waals surface area (Å²) in [6.07, 6.45) is 2.97. The molecule has 0 aliphatic carbocycles. The van der Waals surface area contributed by atoms with E-state index >= 15 is 0 Å². The zero-order valence-electron chi connectivity index (χ0n) is 8.18. The molecule has 0 radical (unpaired) electrons. The Labute approximate surface area is 75.1 Å². The number of unbranched alkanes of at least 4 members (excludes halogenated alkanes) is 1. The molecule has 0 saturated carbocycles. The summed E-state index contributed by atoms with van der Waals surface area (Å²) in [7, 11) is 2.15. The molecular formula is C9H20N2O. The average Bonchev–Trinajstić information content (AvgIpc) is 2.15. The van der Waals surface area contributed by atoms with E-state index in [1.54, 1.807) is 0 Å². The van der Waals surface area contributed by atoms with E-state index in [1.807, 2.05) is 0 Å². The number of likely N-dealkylation sites (N-methyl/N-ethyl adjacent to an activating group) is 1. The first-order chi connectivity index (χ1) is 5.84. The lowest BCUT2D eigenvalue weighted by molar-refractivity contribution is 0.0190. The first kappa shape index (κ1) is 9.96. The maximum Gasteiger partial charge on any atom is 0.0836 e.